The van der Waals surface area contributed by atoms with Crippen LogP contribution in [0.1, 0.15) is 0 Å². The van der Waals surface area contributed by atoms with E-state index in [-0.39, 0.29) is 0 Å². The number of rotatable bonds is 2. The molecule has 0 spiro atoms. The van der Waals surface area contributed by atoms with Gasteiger partial charge in [-0.1, -0.05) is 97.1 Å². The quantitative estimate of drug-likeness (QED) is 0.210. The number of aromatic nitrogens is 4. The van der Waals surface area contributed by atoms with Crippen LogP contribution < -0.4 is 0 Å². The Hall–Kier alpha value is -6.04. The maximum absolute atomic E-state index is 5.36. The van der Waals surface area contributed by atoms with Crippen molar-refractivity contribution in [3.63, 3.8) is 0 Å². The lowest BCUT2D eigenvalue weighted by atomic mass is 9.98. The molecular weight excluding hydrogens is 593 g/mol. The molecule has 11 aromatic rings. The maximum Gasteiger partial charge on any atom is 0.235 e. The molecule has 0 fully saturated rings. The normalized spacial score (nSPS) is 12.3. The molecule has 47 heavy (non-hydrogen) atoms. The Balaban J connectivity index is 1.37. The van der Waals surface area contributed by atoms with Crippen molar-refractivity contribution in [3.05, 3.63) is 140 Å². The van der Waals surface area contributed by atoms with Crippen molar-refractivity contribution in [2.45, 2.75) is 0 Å². The molecule has 0 saturated heterocycles. The van der Waals surface area contributed by atoms with Crippen LogP contribution in [0.5, 0.6) is 0 Å². The number of hydrogen-bond acceptors (Lipinski definition) is 3. The van der Waals surface area contributed by atoms with E-state index in [1.54, 1.807) is 0 Å². The van der Waals surface area contributed by atoms with Crippen molar-refractivity contribution in [3.8, 4) is 17.2 Å². The third-order valence-electron chi connectivity index (χ3n) is 9.71. The van der Waals surface area contributed by atoms with Gasteiger partial charge in [0.15, 0.2) is 0 Å². The fourth-order valence-electron chi connectivity index (χ4n) is 7.68. The van der Waals surface area contributed by atoms with Crippen LogP contribution in [-0.4, -0.2) is 19.5 Å². The van der Waals surface area contributed by atoms with Crippen LogP contribution in [0, 0.1) is 0 Å². The SMILES string of the molecule is c1ccc(-c2nc(-n3c4cc5[nH]c6ccccc6c5cc4c4c5c(ccc6sc7ccccc7c65)ccc43)nc3ccccc23)cc1. The first-order valence-corrected chi connectivity index (χ1v) is 16.7. The van der Waals surface area contributed by atoms with Gasteiger partial charge in [0, 0.05) is 69.1 Å². The van der Waals surface area contributed by atoms with Gasteiger partial charge in [-0.25, -0.2) is 9.97 Å². The Morgan fingerprint density at radius 1 is 0.489 bits per heavy atom. The van der Waals surface area contributed by atoms with Crippen LogP contribution >= 0.6 is 11.3 Å². The van der Waals surface area contributed by atoms with Gasteiger partial charge in [-0.2, -0.15) is 0 Å². The average molecular weight is 617 g/mol. The van der Waals surface area contributed by atoms with Crippen molar-refractivity contribution in [1.29, 1.82) is 0 Å². The molecule has 0 atom stereocenters. The van der Waals surface area contributed by atoms with Crippen LogP contribution in [0.25, 0.3) is 103 Å². The highest BCUT2D eigenvalue weighted by atomic mass is 32.1. The highest BCUT2D eigenvalue weighted by molar-refractivity contribution is 7.26. The molecule has 218 valence electrons. The summed E-state index contributed by atoms with van der Waals surface area (Å²) in [7, 11) is 0. The standard InChI is InChI=1S/C42H24N4S/c1-2-10-25(11-3-1)41-27-13-5-8-16-32(27)44-42(45-41)46-34-20-18-24-19-21-37-40(28-14-6-9-17-36(28)47-37)38(24)39(34)30-22-29-26-12-4-7-15-31(26)43-33(29)23-35(30)46/h1-23,43H. The molecule has 4 nitrogen and oxygen atoms in total. The number of aromatic amines is 1. The topological polar surface area (TPSA) is 46.5 Å². The lowest BCUT2D eigenvalue weighted by Crippen LogP contribution is -2.03. The molecule has 0 aliphatic heterocycles. The van der Waals surface area contributed by atoms with Gasteiger partial charge >= 0.3 is 0 Å². The van der Waals surface area contributed by atoms with E-state index in [1.165, 1.54) is 52.5 Å². The van der Waals surface area contributed by atoms with E-state index in [9.17, 15) is 0 Å². The summed E-state index contributed by atoms with van der Waals surface area (Å²) in [5.74, 6) is 0.666. The van der Waals surface area contributed by atoms with Crippen LogP contribution in [0.3, 0.4) is 0 Å². The summed E-state index contributed by atoms with van der Waals surface area (Å²) < 4.78 is 4.88. The summed E-state index contributed by atoms with van der Waals surface area (Å²) in [5, 5.41) is 11.0. The fourth-order valence-corrected chi connectivity index (χ4v) is 8.79. The van der Waals surface area contributed by atoms with E-state index in [4.69, 9.17) is 9.97 Å². The predicted octanol–water partition coefficient (Wildman–Crippen LogP) is 11.5. The number of hydrogen-bond donors (Lipinski definition) is 1. The Bertz CT molecular complexity index is 3070. The van der Waals surface area contributed by atoms with Gasteiger partial charge in [-0.05, 0) is 47.9 Å². The number of para-hydroxylation sites is 2. The third kappa shape index (κ3) is 3.46. The highest BCUT2D eigenvalue weighted by Crippen LogP contribution is 2.45. The first-order valence-electron chi connectivity index (χ1n) is 15.8. The van der Waals surface area contributed by atoms with E-state index in [0.29, 0.717) is 5.95 Å². The zero-order chi connectivity index (χ0) is 30.6. The molecular formula is C42H24N4S. The van der Waals surface area contributed by atoms with Gasteiger partial charge in [0.25, 0.3) is 0 Å². The average Bonchev–Trinajstić information content (AvgIpc) is 3.79. The molecule has 0 aliphatic rings. The zero-order valence-corrected chi connectivity index (χ0v) is 25.8. The van der Waals surface area contributed by atoms with Crippen LogP contribution in [0.2, 0.25) is 0 Å². The van der Waals surface area contributed by atoms with Crippen molar-refractivity contribution in [2.75, 3.05) is 0 Å². The molecule has 0 unspecified atom stereocenters. The minimum absolute atomic E-state index is 0.666. The second-order valence-corrected chi connectivity index (χ2v) is 13.4. The molecule has 11 rings (SSSR count). The number of benzene rings is 7. The molecule has 5 heteroatoms. The Morgan fingerprint density at radius 3 is 2.17 bits per heavy atom. The van der Waals surface area contributed by atoms with Crippen molar-refractivity contribution in [2.24, 2.45) is 0 Å². The zero-order valence-electron chi connectivity index (χ0n) is 25.0. The van der Waals surface area contributed by atoms with Gasteiger partial charge < -0.3 is 4.98 Å². The number of nitrogens with one attached hydrogen (secondary N) is 1. The summed E-state index contributed by atoms with van der Waals surface area (Å²) in [6, 6.07) is 49.9. The smallest absolute Gasteiger partial charge is 0.235 e. The number of thiophene rings is 1. The van der Waals surface area contributed by atoms with Crippen LogP contribution in [0.15, 0.2) is 140 Å². The van der Waals surface area contributed by atoms with Crippen molar-refractivity contribution in [1.82, 2.24) is 19.5 Å². The number of H-pyrrole nitrogens is 1. The number of nitrogens with zero attached hydrogens (tertiary/aromatic N) is 3. The lowest BCUT2D eigenvalue weighted by Gasteiger charge is -2.12. The van der Waals surface area contributed by atoms with Crippen LogP contribution in [0.4, 0.5) is 0 Å². The molecule has 0 bridgehead atoms. The first-order chi connectivity index (χ1) is 23.3. The molecule has 4 aromatic heterocycles. The molecule has 7 aromatic carbocycles. The first kappa shape index (κ1) is 25.2. The predicted molar refractivity (Wildman–Crippen MR) is 199 cm³/mol. The van der Waals surface area contributed by atoms with E-state index < -0.39 is 0 Å². The van der Waals surface area contributed by atoms with Crippen molar-refractivity contribution >= 4 is 96.8 Å². The summed E-state index contributed by atoms with van der Waals surface area (Å²) in [5.41, 5.74) is 7.34. The largest absolute Gasteiger partial charge is 0.354 e. The van der Waals surface area contributed by atoms with Gasteiger partial charge in [0.2, 0.25) is 5.95 Å². The number of fused-ring (bicyclic) bond motifs is 13. The molecule has 0 aliphatic carbocycles. The van der Waals surface area contributed by atoms with E-state index in [0.717, 1.165) is 44.2 Å². The minimum Gasteiger partial charge on any atom is -0.354 e. The molecule has 0 amide bonds. The Morgan fingerprint density at radius 2 is 1.26 bits per heavy atom. The van der Waals surface area contributed by atoms with E-state index in [2.05, 4.69) is 143 Å². The van der Waals surface area contributed by atoms with Crippen molar-refractivity contribution < 1.29 is 0 Å². The van der Waals surface area contributed by atoms with Gasteiger partial charge in [-0.15, -0.1) is 11.3 Å². The van der Waals surface area contributed by atoms with Gasteiger partial charge in [0.1, 0.15) is 0 Å². The molecule has 4 heterocycles. The second-order valence-electron chi connectivity index (χ2n) is 12.3. The highest BCUT2D eigenvalue weighted by Gasteiger charge is 2.22. The second kappa shape index (κ2) is 9.25. The summed E-state index contributed by atoms with van der Waals surface area (Å²) >= 11 is 1.86. The van der Waals surface area contributed by atoms with E-state index in [1.807, 2.05) is 17.4 Å². The van der Waals surface area contributed by atoms with Gasteiger partial charge in [0.05, 0.1) is 22.2 Å². The third-order valence-corrected chi connectivity index (χ3v) is 10.9. The minimum atomic E-state index is 0.666. The summed E-state index contributed by atoms with van der Waals surface area (Å²) in [6.07, 6.45) is 0. The maximum atomic E-state index is 5.36. The molecule has 0 radical (unpaired) electrons. The summed E-state index contributed by atoms with van der Waals surface area (Å²) in [6.45, 7) is 0. The Labute approximate surface area is 272 Å². The fraction of sp³-hybridized carbons (Fsp3) is 0. The lowest BCUT2D eigenvalue weighted by molar-refractivity contribution is 1.01. The molecule has 1 N–H and O–H groups in total. The molecule has 0 saturated carbocycles. The van der Waals surface area contributed by atoms with E-state index >= 15 is 0 Å². The van der Waals surface area contributed by atoms with Crippen LogP contribution in [-0.2, 0) is 0 Å². The summed E-state index contributed by atoms with van der Waals surface area (Å²) in [4.78, 5) is 14.3. The monoisotopic (exact) mass is 616 g/mol. The Kier molecular flexibility index (Phi) is 4.96. The van der Waals surface area contributed by atoms with Gasteiger partial charge in [-0.3, -0.25) is 4.57 Å².